The van der Waals surface area contributed by atoms with Gasteiger partial charge in [0, 0.05) is 29.1 Å². The van der Waals surface area contributed by atoms with Crippen LogP contribution in [0.2, 0.25) is 10.0 Å². The van der Waals surface area contributed by atoms with Gasteiger partial charge < -0.3 is 4.90 Å². The number of rotatable bonds is 1. The highest BCUT2D eigenvalue weighted by Crippen LogP contribution is 2.38. The molecule has 0 aliphatic carbocycles. The Kier molecular flexibility index (Phi) is 3.53. The van der Waals surface area contributed by atoms with Gasteiger partial charge in [0.1, 0.15) is 0 Å². The van der Waals surface area contributed by atoms with Gasteiger partial charge in [-0.25, -0.2) is 0 Å². The minimum absolute atomic E-state index is 0.339. The number of nitrogens with zero attached hydrogens (tertiary/aromatic N) is 1. The zero-order valence-corrected chi connectivity index (χ0v) is 12.2. The molecule has 0 N–H and O–H groups in total. The van der Waals surface area contributed by atoms with E-state index in [4.69, 9.17) is 23.2 Å². The van der Waals surface area contributed by atoms with Gasteiger partial charge in [-0.05, 0) is 35.9 Å². The van der Waals surface area contributed by atoms with Crippen molar-refractivity contribution in [3.8, 4) is 0 Å². The molecule has 3 rings (SSSR count). The van der Waals surface area contributed by atoms with E-state index < -0.39 is 0 Å². The first-order chi connectivity index (χ1) is 9.15. The highest BCUT2D eigenvalue weighted by Gasteiger charge is 2.26. The van der Waals surface area contributed by atoms with Crippen LogP contribution >= 0.6 is 23.2 Å². The highest BCUT2D eigenvalue weighted by atomic mass is 35.5. The van der Waals surface area contributed by atoms with Crippen LogP contribution in [0.15, 0.2) is 42.5 Å². The summed E-state index contributed by atoms with van der Waals surface area (Å²) in [5.41, 5.74) is 3.78. The smallest absolute Gasteiger partial charge is 0.0468 e. The van der Waals surface area contributed by atoms with E-state index in [2.05, 4.69) is 42.3 Å². The van der Waals surface area contributed by atoms with Crippen molar-refractivity contribution in [3.05, 3.63) is 69.2 Å². The standard InChI is InChI=1S/C16H15Cl2N/c1-19-9-14(11-5-3-2-4-6-11)13-7-12(17)8-16(18)15(13)10-19/h2-8,14H,9-10H2,1H3/t14-/m1/s1. The third kappa shape index (κ3) is 2.51. The van der Waals surface area contributed by atoms with Crippen LogP contribution in [0.5, 0.6) is 0 Å². The summed E-state index contributed by atoms with van der Waals surface area (Å²) >= 11 is 12.5. The van der Waals surface area contributed by atoms with E-state index in [1.165, 1.54) is 16.7 Å². The molecule has 0 saturated carbocycles. The second-order valence-corrected chi connectivity index (χ2v) is 5.96. The van der Waals surface area contributed by atoms with Gasteiger partial charge in [-0.1, -0.05) is 53.5 Å². The number of hydrogen-bond acceptors (Lipinski definition) is 1. The molecule has 0 saturated heterocycles. The molecule has 19 heavy (non-hydrogen) atoms. The molecule has 3 heteroatoms. The Bertz CT molecular complexity index is 595. The summed E-state index contributed by atoms with van der Waals surface area (Å²) in [7, 11) is 2.13. The molecular weight excluding hydrogens is 277 g/mol. The number of hydrogen-bond donors (Lipinski definition) is 0. The molecule has 0 bridgehead atoms. The summed E-state index contributed by atoms with van der Waals surface area (Å²) in [6.07, 6.45) is 0. The van der Waals surface area contributed by atoms with Crippen molar-refractivity contribution >= 4 is 23.2 Å². The van der Waals surface area contributed by atoms with Crippen LogP contribution in [0.3, 0.4) is 0 Å². The fraction of sp³-hybridized carbons (Fsp3) is 0.250. The van der Waals surface area contributed by atoms with Gasteiger partial charge >= 0.3 is 0 Å². The van der Waals surface area contributed by atoms with E-state index in [9.17, 15) is 0 Å². The number of likely N-dealkylation sites (N-methyl/N-ethyl adjacent to an activating group) is 1. The first kappa shape index (κ1) is 13.0. The van der Waals surface area contributed by atoms with Gasteiger partial charge in [0.05, 0.1) is 0 Å². The van der Waals surface area contributed by atoms with Crippen molar-refractivity contribution in [2.75, 3.05) is 13.6 Å². The van der Waals surface area contributed by atoms with Gasteiger partial charge in [-0.15, -0.1) is 0 Å². The summed E-state index contributed by atoms with van der Waals surface area (Å²) in [6.45, 7) is 1.88. The summed E-state index contributed by atoms with van der Waals surface area (Å²) in [4.78, 5) is 2.31. The average molecular weight is 292 g/mol. The lowest BCUT2D eigenvalue weighted by atomic mass is 9.85. The quantitative estimate of drug-likeness (QED) is 0.744. The summed E-state index contributed by atoms with van der Waals surface area (Å²) < 4.78 is 0. The first-order valence-corrected chi connectivity index (χ1v) is 7.12. The van der Waals surface area contributed by atoms with Crippen molar-refractivity contribution in [1.82, 2.24) is 4.90 Å². The van der Waals surface area contributed by atoms with Crippen LogP contribution < -0.4 is 0 Å². The number of benzene rings is 2. The largest absolute Gasteiger partial charge is 0.301 e. The Morgan fingerprint density at radius 1 is 1.11 bits per heavy atom. The molecule has 0 unspecified atom stereocenters. The molecule has 1 aliphatic heterocycles. The van der Waals surface area contributed by atoms with Gasteiger partial charge in [-0.3, -0.25) is 0 Å². The highest BCUT2D eigenvalue weighted by molar-refractivity contribution is 6.35. The zero-order chi connectivity index (χ0) is 13.4. The molecule has 1 aliphatic rings. The molecule has 98 valence electrons. The second-order valence-electron chi connectivity index (χ2n) is 5.12. The lowest BCUT2D eigenvalue weighted by Crippen LogP contribution is -2.31. The maximum absolute atomic E-state index is 6.35. The fourth-order valence-electron chi connectivity index (χ4n) is 2.82. The number of fused-ring (bicyclic) bond motifs is 1. The normalized spacial score (nSPS) is 19.2. The monoisotopic (exact) mass is 291 g/mol. The Morgan fingerprint density at radius 3 is 2.58 bits per heavy atom. The maximum Gasteiger partial charge on any atom is 0.0468 e. The van der Waals surface area contributed by atoms with Crippen LogP contribution in [0.25, 0.3) is 0 Å². The van der Waals surface area contributed by atoms with Crippen LogP contribution in [-0.4, -0.2) is 18.5 Å². The van der Waals surface area contributed by atoms with Gasteiger partial charge in [0.15, 0.2) is 0 Å². The number of halogens is 2. The molecule has 1 heterocycles. The second kappa shape index (κ2) is 5.16. The topological polar surface area (TPSA) is 3.24 Å². The molecule has 0 spiro atoms. The third-order valence-electron chi connectivity index (χ3n) is 3.69. The molecular formula is C16H15Cl2N. The Morgan fingerprint density at radius 2 is 1.84 bits per heavy atom. The van der Waals surface area contributed by atoms with E-state index in [1.54, 1.807) is 0 Å². The predicted molar refractivity (Wildman–Crippen MR) is 81.1 cm³/mol. The van der Waals surface area contributed by atoms with Crippen LogP contribution in [0, 0.1) is 0 Å². The van der Waals surface area contributed by atoms with Gasteiger partial charge in [-0.2, -0.15) is 0 Å². The first-order valence-electron chi connectivity index (χ1n) is 6.36. The molecule has 1 nitrogen and oxygen atoms in total. The summed E-state index contributed by atoms with van der Waals surface area (Å²) in [6, 6.07) is 14.4. The molecule has 0 fully saturated rings. The van der Waals surface area contributed by atoms with Crippen LogP contribution in [-0.2, 0) is 6.54 Å². The molecule has 0 radical (unpaired) electrons. The van der Waals surface area contributed by atoms with Crippen molar-refractivity contribution in [3.63, 3.8) is 0 Å². The van der Waals surface area contributed by atoms with Crippen molar-refractivity contribution < 1.29 is 0 Å². The lowest BCUT2D eigenvalue weighted by Gasteiger charge is -2.33. The lowest BCUT2D eigenvalue weighted by molar-refractivity contribution is 0.295. The van der Waals surface area contributed by atoms with Gasteiger partial charge in [0.25, 0.3) is 0 Å². The summed E-state index contributed by atoms with van der Waals surface area (Å²) in [5.74, 6) is 0.339. The molecule has 0 aromatic heterocycles. The predicted octanol–water partition coefficient (Wildman–Crippen LogP) is 4.57. The van der Waals surface area contributed by atoms with Crippen molar-refractivity contribution in [2.45, 2.75) is 12.5 Å². The minimum atomic E-state index is 0.339. The Labute approximate surface area is 123 Å². The summed E-state index contributed by atoms with van der Waals surface area (Å²) in [5, 5.41) is 1.49. The van der Waals surface area contributed by atoms with E-state index in [0.717, 1.165) is 18.1 Å². The molecule has 2 aromatic carbocycles. The maximum atomic E-state index is 6.35. The van der Waals surface area contributed by atoms with E-state index in [0.29, 0.717) is 10.9 Å². The van der Waals surface area contributed by atoms with E-state index in [1.807, 2.05) is 12.1 Å². The van der Waals surface area contributed by atoms with Crippen molar-refractivity contribution in [1.29, 1.82) is 0 Å². The van der Waals surface area contributed by atoms with Crippen LogP contribution in [0.4, 0.5) is 0 Å². The van der Waals surface area contributed by atoms with E-state index >= 15 is 0 Å². The van der Waals surface area contributed by atoms with E-state index in [-0.39, 0.29) is 0 Å². The molecule has 1 atom stereocenters. The SMILES string of the molecule is CN1Cc2c(Cl)cc(Cl)cc2[C@@H](c2ccccc2)C1. The van der Waals surface area contributed by atoms with Gasteiger partial charge in [0.2, 0.25) is 0 Å². The minimum Gasteiger partial charge on any atom is -0.301 e. The fourth-order valence-corrected chi connectivity index (χ4v) is 3.38. The molecule has 2 aromatic rings. The zero-order valence-electron chi connectivity index (χ0n) is 10.7. The average Bonchev–Trinajstić information content (AvgIpc) is 2.40. The Hall–Kier alpha value is -1.02. The molecule has 0 amide bonds. The third-order valence-corrected chi connectivity index (χ3v) is 4.25. The van der Waals surface area contributed by atoms with Crippen LogP contribution in [0.1, 0.15) is 22.6 Å². The van der Waals surface area contributed by atoms with Crippen molar-refractivity contribution in [2.24, 2.45) is 0 Å². The Balaban J connectivity index is 2.14.